The molecule has 119 heavy (non-hydrogen) atoms. The number of nitrogens with zero attached hydrogens (tertiary/aromatic N) is 8. The molecule has 0 spiro atoms. The zero-order chi connectivity index (χ0) is 86.4. The molecule has 4 unspecified atom stereocenters. The van der Waals surface area contributed by atoms with E-state index in [1.165, 1.54) is 65.9 Å². The molecule has 6 fully saturated rings. The quantitative estimate of drug-likeness (QED) is 0.0602. The number of halogens is 4. The van der Waals surface area contributed by atoms with Crippen LogP contribution in [-0.2, 0) is 6.42 Å². The van der Waals surface area contributed by atoms with Gasteiger partial charge in [0.05, 0.1) is 43.3 Å². The number of carbonyl (C=O) groups excluding carboxylic acids is 4. The van der Waals surface area contributed by atoms with Gasteiger partial charge in [0.2, 0.25) is 0 Å². The van der Waals surface area contributed by atoms with Gasteiger partial charge in [-0.3, -0.25) is 0 Å². The van der Waals surface area contributed by atoms with Gasteiger partial charge < -0.3 is 21.3 Å². The number of urea groups is 4. The predicted octanol–water partition coefficient (Wildman–Crippen LogP) is 23.5. The van der Waals surface area contributed by atoms with E-state index in [4.69, 9.17) is 15.3 Å². The minimum absolute atomic E-state index is 0.0206. The Hall–Kier alpha value is -8.42. The van der Waals surface area contributed by atoms with E-state index in [-0.39, 0.29) is 123 Å². The van der Waals surface area contributed by atoms with Crippen molar-refractivity contribution in [1.82, 2.24) is 41.3 Å². The fourth-order valence-corrected chi connectivity index (χ4v) is 22.3. The van der Waals surface area contributed by atoms with Crippen LogP contribution in [0.25, 0.3) is 0 Å². The second kappa shape index (κ2) is 34.5. The molecule has 0 radical (unpaired) electrons. The third-order valence-corrected chi connectivity index (χ3v) is 32.2. The van der Waals surface area contributed by atoms with Crippen molar-refractivity contribution in [1.29, 1.82) is 0 Å². The van der Waals surface area contributed by atoms with Crippen LogP contribution in [0.15, 0.2) is 166 Å². The summed E-state index contributed by atoms with van der Waals surface area (Å²) in [6.07, 6.45) is 9.79. The van der Waals surface area contributed by atoms with Gasteiger partial charge in [0, 0.05) is 75.7 Å². The summed E-state index contributed by atoms with van der Waals surface area (Å²) < 4.78 is 51.6. The van der Waals surface area contributed by atoms with E-state index in [1.54, 1.807) is 27.2 Å². The van der Waals surface area contributed by atoms with Crippen molar-refractivity contribution in [3.05, 3.63) is 179 Å². The Kier molecular flexibility index (Phi) is 26.0. The first-order valence-corrected chi connectivity index (χ1v) is 44.5. The highest BCUT2D eigenvalue weighted by molar-refractivity contribution is 6.00. The lowest BCUT2D eigenvalue weighted by molar-refractivity contribution is -0.132. The van der Waals surface area contributed by atoms with E-state index in [9.17, 15) is 36.7 Å². The normalized spacial score (nSPS) is 28.7. The summed E-state index contributed by atoms with van der Waals surface area (Å²) >= 11 is 0. The third-order valence-electron chi connectivity index (χ3n) is 32.2. The zero-order valence-electron chi connectivity index (χ0n) is 75.0. The summed E-state index contributed by atoms with van der Waals surface area (Å²) in [5.41, 5.74) is 9.79. The van der Waals surface area contributed by atoms with E-state index in [2.05, 4.69) is 218 Å². The van der Waals surface area contributed by atoms with E-state index in [1.807, 2.05) is 68.4 Å². The monoisotopic (exact) mass is 1640 g/mol. The van der Waals surface area contributed by atoms with Crippen LogP contribution in [0.5, 0.6) is 0 Å². The van der Waals surface area contributed by atoms with E-state index >= 15 is 0 Å². The average Bonchev–Trinajstić information content (AvgIpc) is 1.57. The van der Waals surface area contributed by atoms with Gasteiger partial charge >= 0.3 is 30.3 Å². The summed E-state index contributed by atoms with van der Waals surface area (Å²) in [4.78, 5) is 52.8. The number of carbonyl (C=O) groups is 4. The topological polar surface area (TPSA) is 179 Å². The molecule has 4 heterocycles. The van der Waals surface area contributed by atoms with Crippen LogP contribution >= 0.6 is 0 Å². The molecule has 20 heteroatoms. The summed E-state index contributed by atoms with van der Waals surface area (Å²) in [6.45, 7) is 47.1. The highest BCUT2D eigenvalue weighted by Crippen LogP contribution is 2.68. The Bertz CT molecular complexity index is 4520. The van der Waals surface area contributed by atoms with Gasteiger partial charge in [-0.1, -0.05) is 265 Å². The Morgan fingerprint density at radius 1 is 0.412 bits per heavy atom. The highest BCUT2D eigenvalue weighted by atomic mass is 19.4. The second-order valence-corrected chi connectivity index (χ2v) is 41.4. The molecule has 16 nitrogen and oxygen atoms in total. The van der Waals surface area contributed by atoms with Crippen molar-refractivity contribution in [2.24, 2.45) is 86.9 Å². The Morgan fingerprint density at radius 2 is 0.723 bits per heavy atom. The van der Waals surface area contributed by atoms with Crippen LogP contribution in [-0.4, -0.2) is 123 Å². The minimum atomic E-state index is -4.25. The number of hydrogen-bond acceptors (Lipinski definition) is 8. The molecule has 13 atom stereocenters. The van der Waals surface area contributed by atoms with Gasteiger partial charge in [0.25, 0.3) is 0 Å². The van der Waals surface area contributed by atoms with Crippen molar-refractivity contribution in [2.45, 2.75) is 295 Å². The molecule has 0 saturated heterocycles. The van der Waals surface area contributed by atoms with Crippen molar-refractivity contribution >= 4 is 47.0 Å². The predicted molar refractivity (Wildman–Crippen MR) is 473 cm³/mol. The van der Waals surface area contributed by atoms with Gasteiger partial charge in [-0.05, 0) is 194 Å². The molecule has 6 saturated carbocycles. The SMILES string of the molecule is CC1(C)[C@@H]2CC[C@@]1(C)[C@@H](NC(=O)N1CC(c3ccccc3)C(CCC(F)(F)F)=N1)C2.CCC(C)(C)C1=NN(C(=O)NC(C)(C)Cc2ccc(F)cc2)CC1c1ccccc1.CCC(C)(C)C1=NN(C(=O)N[C@H]2C[C@H]3CC[C@]2(C)C3(C)C)CC1c1ccccc1.CCCC(C)(C)C1=NN(C(=O)N[C@H]2C[C@H]3CC[C@]2(C)C3(C)C)CC1c1ccccc1. The molecule has 15 rings (SSSR count). The number of alkyl halides is 3. The lowest BCUT2D eigenvalue weighted by Gasteiger charge is -2.39. The van der Waals surface area contributed by atoms with Crippen LogP contribution in [0.1, 0.15) is 286 Å². The lowest BCUT2D eigenvalue weighted by atomic mass is 9.69. The number of amides is 8. The molecule has 10 aliphatic rings. The van der Waals surface area contributed by atoms with Crippen LogP contribution in [0.2, 0.25) is 0 Å². The fraction of sp³-hybridized carbons (Fsp3) is 0.616. The average molecular weight is 1640 g/mol. The van der Waals surface area contributed by atoms with Crippen LogP contribution in [0.4, 0.5) is 36.7 Å². The molecule has 4 aliphatic heterocycles. The summed E-state index contributed by atoms with van der Waals surface area (Å²) in [5.74, 6) is 1.89. The maximum atomic E-state index is 13.3. The van der Waals surface area contributed by atoms with Gasteiger partial charge in [0.15, 0.2) is 0 Å². The fourth-order valence-electron chi connectivity index (χ4n) is 22.3. The standard InChI is InChI=1S/C26H39N3O.C25H32FN3O.C25H37N3O.C23H30F3N3O/c1-7-14-24(2,3)22-20(18-11-9-8-10-12-18)17-29(28-22)23(30)27-21-16-19-13-15-26(21,6)25(19,4)5;1-6-24(2,3)22-21(19-10-8-7-9-11-19)17-29(28-22)23(30)27-25(4,5)16-18-12-14-20(26)15-13-18;1-7-23(2,3)21-19(17-11-9-8-10-12-17)16-28(27-21)22(29)26-20-15-18-13-14-25(20,6)24(18,4)5;1-21(2)16-9-11-22(21,3)19(13-16)27-20(30)29-14-17(15-7-5-4-6-8-15)18(28-29)10-12-23(24,25)26/h8-12,19-21H,7,13-17H2,1-6H3,(H,27,30);7-15,21H,6,16-17H2,1-5H3,(H,27,30);8-12,18-20H,7,13-16H2,1-6H3,(H,26,29);4-8,16-17,19H,9-14H2,1-3H3,(H,27,30)/t19-,20?,21+,26+;;18-,19?,20+,25+;16-,17?,19+,22+/m1.11/s1. The van der Waals surface area contributed by atoms with Crippen molar-refractivity contribution < 1.29 is 36.7 Å². The van der Waals surface area contributed by atoms with Crippen molar-refractivity contribution in [3.8, 4) is 0 Å². The number of rotatable bonds is 19. The molecule has 646 valence electrons. The molecule has 8 amide bonds. The summed E-state index contributed by atoms with van der Waals surface area (Å²) in [7, 11) is 0. The molecular formula is C99H138F4N12O4. The number of benzene rings is 5. The first-order chi connectivity index (χ1) is 55.8. The van der Waals surface area contributed by atoms with Crippen LogP contribution in [0, 0.1) is 72.3 Å². The molecule has 5 aromatic rings. The van der Waals surface area contributed by atoms with E-state index in [0.29, 0.717) is 60.4 Å². The van der Waals surface area contributed by atoms with E-state index in [0.717, 1.165) is 79.6 Å². The smallest absolute Gasteiger partial charge is 0.333 e. The maximum absolute atomic E-state index is 13.3. The number of fused-ring (bicyclic) bond motifs is 6. The lowest BCUT2D eigenvalue weighted by Crippen LogP contribution is -2.50. The van der Waals surface area contributed by atoms with Crippen molar-refractivity contribution in [3.63, 3.8) is 0 Å². The number of hydrogen-bond donors (Lipinski definition) is 4. The second-order valence-electron chi connectivity index (χ2n) is 41.4. The number of hydrazone groups is 4. The van der Waals surface area contributed by atoms with Gasteiger partial charge in [-0.2, -0.15) is 33.6 Å². The molecular weight excluding hydrogens is 1500 g/mol. The first-order valence-electron chi connectivity index (χ1n) is 44.5. The highest BCUT2D eigenvalue weighted by Gasteiger charge is 2.65. The molecule has 6 aliphatic carbocycles. The Labute approximate surface area is 708 Å². The molecule has 5 aromatic carbocycles. The van der Waals surface area contributed by atoms with Crippen LogP contribution < -0.4 is 21.3 Å². The Balaban J connectivity index is 0.000000146. The van der Waals surface area contributed by atoms with Crippen LogP contribution in [0.3, 0.4) is 0 Å². The Morgan fingerprint density at radius 3 is 1.03 bits per heavy atom. The van der Waals surface area contributed by atoms with E-state index < -0.39 is 18.1 Å². The molecule has 4 N–H and O–H groups in total. The first kappa shape index (κ1) is 89.8. The molecule has 6 bridgehead atoms. The number of nitrogens with one attached hydrogen (secondary N) is 4. The third kappa shape index (κ3) is 18.4. The largest absolute Gasteiger partial charge is 0.389 e. The van der Waals surface area contributed by atoms with Crippen molar-refractivity contribution in [2.75, 3.05) is 26.2 Å². The van der Waals surface area contributed by atoms with Gasteiger partial charge in [0.1, 0.15) is 5.82 Å². The van der Waals surface area contributed by atoms with Gasteiger partial charge in [-0.25, -0.2) is 43.6 Å². The molecule has 0 aromatic heterocycles. The summed E-state index contributed by atoms with van der Waals surface area (Å²) in [5, 5.41) is 38.4. The van der Waals surface area contributed by atoms with Gasteiger partial charge in [-0.15, -0.1) is 0 Å². The zero-order valence-corrected chi connectivity index (χ0v) is 75.0. The summed E-state index contributed by atoms with van der Waals surface area (Å²) in [6, 6.07) is 47.1. The minimum Gasteiger partial charge on any atom is -0.333 e. The maximum Gasteiger partial charge on any atom is 0.389 e.